The standard InChI is InChI=1S/C18H13F2NO4/c1-23-12-8-6-11(7-9-12)10-14-17(22)25-16(21-14)13-4-2-3-5-15(13)24-18(19)20/h2-10,18H,1H3/b14-10-. The van der Waals surface area contributed by atoms with Crippen LogP contribution in [0.25, 0.3) is 6.08 Å². The van der Waals surface area contributed by atoms with Crippen LogP contribution in [0.3, 0.4) is 0 Å². The first-order chi connectivity index (χ1) is 12.1. The lowest BCUT2D eigenvalue weighted by Crippen LogP contribution is -2.10. The van der Waals surface area contributed by atoms with Gasteiger partial charge in [-0.25, -0.2) is 9.79 Å². The number of hydrogen-bond donors (Lipinski definition) is 0. The highest BCUT2D eigenvalue weighted by Crippen LogP contribution is 2.26. The highest BCUT2D eigenvalue weighted by atomic mass is 19.3. The average Bonchev–Trinajstić information content (AvgIpc) is 2.96. The molecule has 3 rings (SSSR count). The molecule has 0 bridgehead atoms. The fourth-order valence-electron chi connectivity index (χ4n) is 2.22. The van der Waals surface area contributed by atoms with Crippen LogP contribution in [0.1, 0.15) is 11.1 Å². The third-order valence-corrected chi connectivity index (χ3v) is 3.37. The summed E-state index contributed by atoms with van der Waals surface area (Å²) in [4.78, 5) is 16.1. The van der Waals surface area contributed by atoms with Gasteiger partial charge in [-0.3, -0.25) is 0 Å². The van der Waals surface area contributed by atoms with Gasteiger partial charge in [0.25, 0.3) is 0 Å². The molecule has 0 aromatic heterocycles. The number of ether oxygens (including phenoxy) is 3. The van der Waals surface area contributed by atoms with Gasteiger partial charge < -0.3 is 14.2 Å². The van der Waals surface area contributed by atoms with Gasteiger partial charge in [-0.05, 0) is 35.9 Å². The lowest BCUT2D eigenvalue weighted by molar-refractivity contribution is -0.129. The van der Waals surface area contributed by atoms with Crippen molar-refractivity contribution in [3.05, 3.63) is 65.4 Å². The summed E-state index contributed by atoms with van der Waals surface area (Å²) < 4.78 is 39.6. The number of benzene rings is 2. The number of alkyl halides is 2. The Bertz CT molecular complexity index is 844. The summed E-state index contributed by atoms with van der Waals surface area (Å²) in [5.74, 6) is -0.188. The molecule has 0 spiro atoms. The summed E-state index contributed by atoms with van der Waals surface area (Å²) in [6, 6.07) is 13.0. The van der Waals surface area contributed by atoms with Crippen molar-refractivity contribution < 1.29 is 27.8 Å². The van der Waals surface area contributed by atoms with E-state index in [0.717, 1.165) is 5.56 Å². The summed E-state index contributed by atoms with van der Waals surface area (Å²) in [6.45, 7) is -2.99. The molecule has 2 aromatic carbocycles. The summed E-state index contributed by atoms with van der Waals surface area (Å²) >= 11 is 0. The van der Waals surface area contributed by atoms with Crippen molar-refractivity contribution in [2.24, 2.45) is 4.99 Å². The predicted octanol–water partition coefficient (Wildman–Crippen LogP) is 3.64. The highest BCUT2D eigenvalue weighted by Gasteiger charge is 2.26. The lowest BCUT2D eigenvalue weighted by Gasteiger charge is -2.08. The fraction of sp³-hybridized carbons (Fsp3) is 0.111. The molecule has 0 unspecified atom stereocenters. The number of cyclic esters (lactones) is 1. The second-order valence-corrected chi connectivity index (χ2v) is 4.98. The number of nitrogens with zero attached hydrogens (tertiary/aromatic N) is 1. The van der Waals surface area contributed by atoms with Crippen LogP contribution in [0, 0.1) is 0 Å². The maximum atomic E-state index is 12.5. The van der Waals surface area contributed by atoms with E-state index in [0.29, 0.717) is 5.75 Å². The van der Waals surface area contributed by atoms with Gasteiger partial charge in [0.15, 0.2) is 5.70 Å². The first-order valence-electron chi connectivity index (χ1n) is 7.27. The molecule has 1 aliphatic rings. The van der Waals surface area contributed by atoms with Crippen LogP contribution >= 0.6 is 0 Å². The molecule has 2 aromatic rings. The van der Waals surface area contributed by atoms with Gasteiger partial charge in [0.2, 0.25) is 5.90 Å². The zero-order valence-electron chi connectivity index (χ0n) is 13.1. The van der Waals surface area contributed by atoms with Gasteiger partial charge in [0.05, 0.1) is 12.7 Å². The van der Waals surface area contributed by atoms with Crippen LogP contribution in [0.5, 0.6) is 11.5 Å². The van der Waals surface area contributed by atoms with Crippen molar-refractivity contribution in [1.29, 1.82) is 0 Å². The Balaban J connectivity index is 1.91. The summed E-state index contributed by atoms with van der Waals surface area (Å²) in [6.07, 6.45) is 1.53. The number of esters is 1. The largest absolute Gasteiger partial charge is 0.497 e. The molecule has 0 saturated carbocycles. The number of carbonyl (C=O) groups is 1. The number of methoxy groups -OCH3 is 1. The third-order valence-electron chi connectivity index (χ3n) is 3.37. The van der Waals surface area contributed by atoms with E-state index in [-0.39, 0.29) is 22.9 Å². The highest BCUT2D eigenvalue weighted by molar-refractivity contribution is 6.13. The molecule has 25 heavy (non-hydrogen) atoms. The number of aliphatic imine (C=N–C) groups is 1. The molecule has 0 fully saturated rings. The van der Waals surface area contributed by atoms with Gasteiger partial charge in [-0.1, -0.05) is 24.3 Å². The average molecular weight is 345 g/mol. The molecule has 0 amide bonds. The van der Waals surface area contributed by atoms with Crippen LogP contribution in [0.4, 0.5) is 8.78 Å². The third kappa shape index (κ3) is 3.82. The van der Waals surface area contributed by atoms with E-state index in [4.69, 9.17) is 9.47 Å². The van der Waals surface area contributed by atoms with Crippen LogP contribution in [-0.4, -0.2) is 25.6 Å². The number of para-hydroxylation sites is 1. The molecule has 1 aliphatic heterocycles. The quantitative estimate of drug-likeness (QED) is 0.613. The van der Waals surface area contributed by atoms with Gasteiger partial charge >= 0.3 is 12.6 Å². The van der Waals surface area contributed by atoms with Crippen LogP contribution in [0.2, 0.25) is 0 Å². The first-order valence-corrected chi connectivity index (χ1v) is 7.27. The van der Waals surface area contributed by atoms with Crippen LogP contribution < -0.4 is 9.47 Å². The molecule has 0 aliphatic carbocycles. The van der Waals surface area contributed by atoms with Crippen molar-refractivity contribution in [3.8, 4) is 11.5 Å². The normalized spacial score (nSPS) is 15.3. The summed E-state index contributed by atoms with van der Waals surface area (Å²) in [5, 5.41) is 0. The Kier molecular flexibility index (Phi) is 4.74. The van der Waals surface area contributed by atoms with Crippen molar-refractivity contribution in [2.45, 2.75) is 6.61 Å². The first kappa shape index (κ1) is 16.6. The maximum absolute atomic E-state index is 12.5. The van der Waals surface area contributed by atoms with Gasteiger partial charge in [0.1, 0.15) is 11.5 Å². The molecule has 0 saturated heterocycles. The molecule has 128 valence electrons. The topological polar surface area (TPSA) is 57.1 Å². The molecule has 5 nitrogen and oxygen atoms in total. The maximum Gasteiger partial charge on any atom is 0.387 e. The smallest absolute Gasteiger partial charge is 0.387 e. The predicted molar refractivity (Wildman–Crippen MR) is 86.7 cm³/mol. The van der Waals surface area contributed by atoms with Gasteiger partial charge in [-0.15, -0.1) is 0 Å². The van der Waals surface area contributed by atoms with Crippen molar-refractivity contribution in [3.63, 3.8) is 0 Å². The number of rotatable bonds is 5. The number of hydrogen-bond acceptors (Lipinski definition) is 5. The number of halogens is 2. The van der Waals surface area contributed by atoms with E-state index in [1.807, 2.05) is 0 Å². The Morgan fingerprint density at radius 2 is 1.84 bits per heavy atom. The molecule has 0 N–H and O–H groups in total. The zero-order valence-corrected chi connectivity index (χ0v) is 13.1. The monoisotopic (exact) mass is 345 g/mol. The fourth-order valence-corrected chi connectivity index (χ4v) is 2.22. The Morgan fingerprint density at radius 1 is 1.12 bits per heavy atom. The SMILES string of the molecule is COc1ccc(/C=C2\N=C(c3ccccc3OC(F)F)OC2=O)cc1. The molecule has 7 heteroatoms. The molecular weight excluding hydrogens is 332 g/mol. The van der Waals surface area contributed by atoms with Crippen molar-refractivity contribution in [1.82, 2.24) is 0 Å². The molecule has 1 heterocycles. The van der Waals surface area contributed by atoms with E-state index in [1.54, 1.807) is 37.4 Å². The van der Waals surface area contributed by atoms with Crippen molar-refractivity contribution in [2.75, 3.05) is 7.11 Å². The number of carbonyl (C=O) groups excluding carboxylic acids is 1. The zero-order chi connectivity index (χ0) is 17.8. The van der Waals surface area contributed by atoms with Crippen molar-refractivity contribution >= 4 is 17.9 Å². The van der Waals surface area contributed by atoms with Gasteiger partial charge in [0, 0.05) is 0 Å². The van der Waals surface area contributed by atoms with E-state index < -0.39 is 12.6 Å². The lowest BCUT2D eigenvalue weighted by atomic mass is 10.2. The van der Waals surface area contributed by atoms with E-state index in [9.17, 15) is 13.6 Å². The minimum absolute atomic E-state index is 0.0621. The Morgan fingerprint density at radius 3 is 2.52 bits per heavy atom. The van der Waals surface area contributed by atoms with E-state index in [2.05, 4.69) is 9.73 Å². The van der Waals surface area contributed by atoms with Crippen LogP contribution in [-0.2, 0) is 9.53 Å². The van der Waals surface area contributed by atoms with Gasteiger partial charge in [-0.2, -0.15) is 8.78 Å². The van der Waals surface area contributed by atoms with E-state index in [1.165, 1.54) is 24.3 Å². The Labute approximate surface area is 142 Å². The minimum atomic E-state index is -2.99. The Hall–Kier alpha value is -3.22. The molecule has 0 radical (unpaired) electrons. The second-order valence-electron chi connectivity index (χ2n) is 4.98. The molecule has 0 atom stereocenters. The second kappa shape index (κ2) is 7.12. The minimum Gasteiger partial charge on any atom is -0.497 e. The molecular formula is C18H13F2NO4. The summed E-state index contributed by atoms with van der Waals surface area (Å²) in [7, 11) is 1.55. The van der Waals surface area contributed by atoms with E-state index >= 15 is 0 Å². The van der Waals surface area contributed by atoms with Crippen LogP contribution in [0.15, 0.2) is 59.2 Å². The summed E-state index contributed by atoms with van der Waals surface area (Å²) in [5.41, 5.74) is 0.955.